The predicted octanol–water partition coefficient (Wildman–Crippen LogP) is 3.60. The molecule has 0 spiro atoms. The Bertz CT molecular complexity index is 1190. The molecule has 0 radical (unpaired) electrons. The lowest BCUT2D eigenvalue weighted by Crippen LogP contribution is -2.36. The second kappa shape index (κ2) is 9.51. The first-order valence-corrected chi connectivity index (χ1v) is 10.8. The van der Waals surface area contributed by atoms with Gasteiger partial charge in [-0.05, 0) is 35.9 Å². The Hall–Kier alpha value is -3.87. The molecule has 1 fully saturated rings. The molecule has 8 nitrogen and oxygen atoms in total. The van der Waals surface area contributed by atoms with Crippen LogP contribution < -0.4 is 10.2 Å². The van der Waals surface area contributed by atoms with Gasteiger partial charge in [-0.1, -0.05) is 18.2 Å². The number of nitrogens with one attached hydrogen (secondary N) is 1. The SMILES string of the molecule is N#C/C(=C\c1ccc(O)c(O)c1)C(=O)Nc1nc(-c2ccc(N3CCOCC3)cc2)cs1. The minimum absolute atomic E-state index is 0.151. The van der Waals surface area contributed by atoms with Crippen LogP contribution in [0.1, 0.15) is 5.56 Å². The van der Waals surface area contributed by atoms with E-state index in [9.17, 15) is 20.3 Å². The maximum absolute atomic E-state index is 12.5. The standard InChI is InChI=1S/C23H20N4O4S/c24-13-17(11-15-1-6-20(28)21(29)12-15)22(30)26-23-25-19(14-32-23)16-2-4-18(5-3-16)27-7-9-31-10-8-27/h1-6,11-12,14,28-29H,7-10H2,(H,25,26,30)/b17-11+. The van der Waals surface area contributed by atoms with E-state index in [1.54, 1.807) is 0 Å². The molecule has 3 N–H and O–H groups in total. The van der Waals surface area contributed by atoms with Crippen molar-refractivity contribution in [1.82, 2.24) is 4.98 Å². The Morgan fingerprint density at radius 1 is 1.16 bits per heavy atom. The van der Waals surface area contributed by atoms with Crippen LogP contribution in [0.2, 0.25) is 0 Å². The third-order valence-electron chi connectivity index (χ3n) is 4.94. The first kappa shape index (κ1) is 21.4. The highest BCUT2D eigenvalue weighted by Gasteiger charge is 2.14. The second-order valence-electron chi connectivity index (χ2n) is 7.06. The number of morpholine rings is 1. The van der Waals surface area contributed by atoms with Crippen molar-refractivity contribution in [1.29, 1.82) is 5.26 Å². The summed E-state index contributed by atoms with van der Waals surface area (Å²) in [6.07, 6.45) is 1.33. The molecule has 2 aromatic carbocycles. The Morgan fingerprint density at radius 2 is 1.91 bits per heavy atom. The summed E-state index contributed by atoms with van der Waals surface area (Å²) in [5.74, 6) is -1.22. The van der Waals surface area contributed by atoms with Crippen LogP contribution in [0.4, 0.5) is 10.8 Å². The van der Waals surface area contributed by atoms with E-state index in [0.717, 1.165) is 43.2 Å². The van der Waals surface area contributed by atoms with Crippen molar-refractivity contribution >= 4 is 34.1 Å². The molecule has 0 bridgehead atoms. The van der Waals surface area contributed by atoms with E-state index in [0.29, 0.717) is 10.7 Å². The number of ether oxygens (including phenoxy) is 1. The maximum atomic E-state index is 12.5. The molecular weight excluding hydrogens is 428 g/mol. The van der Waals surface area contributed by atoms with Crippen LogP contribution in [-0.4, -0.2) is 47.4 Å². The van der Waals surface area contributed by atoms with Crippen LogP contribution in [0.25, 0.3) is 17.3 Å². The zero-order chi connectivity index (χ0) is 22.5. The fourth-order valence-electron chi connectivity index (χ4n) is 3.24. The number of anilines is 2. The molecular formula is C23H20N4O4S. The van der Waals surface area contributed by atoms with E-state index in [4.69, 9.17) is 4.74 Å². The Labute approximate surface area is 188 Å². The summed E-state index contributed by atoms with van der Waals surface area (Å²) in [5.41, 5.74) is 3.04. The van der Waals surface area contributed by atoms with Crippen molar-refractivity contribution in [2.75, 3.05) is 36.5 Å². The Balaban J connectivity index is 1.45. The van der Waals surface area contributed by atoms with Crippen molar-refractivity contribution in [2.45, 2.75) is 0 Å². The number of phenols is 2. The van der Waals surface area contributed by atoms with Gasteiger partial charge in [-0.15, -0.1) is 11.3 Å². The van der Waals surface area contributed by atoms with Gasteiger partial charge < -0.3 is 19.8 Å². The number of phenolic OH excluding ortho intramolecular Hbond substituents is 2. The predicted molar refractivity (Wildman–Crippen MR) is 123 cm³/mol. The lowest BCUT2D eigenvalue weighted by Gasteiger charge is -2.28. The minimum Gasteiger partial charge on any atom is -0.504 e. The first-order valence-electron chi connectivity index (χ1n) is 9.87. The van der Waals surface area contributed by atoms with Gasteiger partial charge in [-0.2, -0.15) is 5.26 Å². The van der Waals surface area contributed by atoms with Gasteiger partial charge in [0.15, 0.2) is 16.6 Å². The molecule has 1 saturated heterocycles. The third kappa shape index (κ3) is 4.88. The van der Waals surface area contributed by atoms with E-state index < -0.39 is 5.91 Å². The number of nitrogens with zero attached hydrogens (tertiary/aromatic N) is 3. The zero-order valence-corrected chi connectivity index (χ0v) is 17.8. The number of benzene rings is 2. The number of rotatable bonds is 5. The van der Waals surface area contributed by atoms with Gasteiger partial charge in [0.1, 0.15) is 11.6 Å². The number of aromatic nitrogens is 1. The average molecular weight is 449 g/mol. The van der Waals surface area contributed by atoms with Crippen LogP contribution in [0, 0.1) is 11.3 Å². The number of amides is 1. The molecule has 3 aromatic rings. The normalized spacial score (nSPS) is 14.1. The molecule has 9 heteroatoms. The lowest BCUT2D eigenvalue weighted by atomic mass is 10.1. The Morgan fingerprint density at radius 3 is 2.59 bits per heavy atom. The fourth-order valence-corrected chi connectivity index (χ4v) is 3.95. The van der Waals surface area contributed by atoms with Crippen molar-refractivity contribution in [2.24, 2.45) is 0 Å². The lowest BCUT2D eigenvalue weighted by molar-refractivity contribution is -0.112. The number of hydrogen-bond acceptors (Lipinski definition) is 8. The smallest absolute Gasteiger partial charge is 0.268 e. The van der Waals surface area contributed by atoms with Crippen molar-refractivity contribution < 1.29 is 19.7 Å². The third-order valence-corrected chi connectivity index (χ3v) is 5.70. The summed E-state index contributed by atoms with van der Waals surface area (Å²) in [6.45, 7) is 3.18. The van der Waals surface area contributed by atoms with Crippen LogP contribution in [-0.2, 0) is 9.53 Å². The molecule has 1 amide bonds. The molecule has 4 rings (SSSR count). The van der Waals surface area contributed by atoms with Crippen LogP contribution in [0.3, 0.4) is 0 Å². The monoisotopic (exact) mass is 448 g/mol. The number of nitriles is 1. The summed E-state index contributed by atoms with van der Waals surface area (Å²) >= 11 is 1.26. The van der Waals surface area contributed by atoms with Gasteiger partial charge in [0.2, 0.25) is 0 Å². The molecule has 32 heavy (non-hydrogen) atoms. The largest absolute Gasteiger partial charge is 0.504 e. The molecule has 0 unspecified atom stereocenters. The average Bonchev–Trinajstić information content (AvgIpc) is 3.28. The molecule has 1 aromatic heterocycles. The van der Waals surface area contributed by atoms with Crippen LogP contribution in [0.15, 0.2) is 53.4 Å². The van der Waals surface area contributed by atoms with Gasteiger partial charge in [-0.3, -0.25) is 10.1 Å². The highest BCUT2D eigenvalue weighted by molar-refractivity contribution is 7.14. The number of aromatic hydroxyl groups is 2. The summed E-state index contributed by atoms with van der Waals surface area (Å²) < 4.78 is 5.39. The number of thiazole rings is 1. The van der Waals surface area contributed by atoms with Crippen molar-refractivity contribution in [3.05, 3.63) is 59.0 Å². The van der Waals surface area contributed by atoms with Gasteiger partial charge >= 0.3 is 0 Å². The minimum atomic E-state index is -0.608. The summed E-state index contributed by atoms with van der Waals surface area (Å²) in [4.78, 5) is 19.2. The Kier molecular flexibility index (Phi) is 6.35. The van der Waals surface area contributed by atoms with Crippen LogP contribution >= 0.6 is 11.3 Å². The molecule has 162 valence electrons. The van der Waals surface area contributed by atoms with E-state index >= 15 is 0 Å². The molecule has 0 atom stereocenters. The van der Waals surface area contributed by atoms with Gasteiger partial charge in [0.25, 0.3) is 5.91 Å². The zero-order valence-electron chi connectivity index (χ0n) is 17.0. The molecule has 1 aliphatic heterocycles. The maximum Gasteiger partial charge on any atom is 0.268 e. The quantitative estimate of drug-likeness (QED) is 0.310. The van der Waals surface area contributed by atoms with Gasteiger partial charge in [0.05, 0.1) is 18.9 Å². The molecule has 0 aliphatic carbocycles. The van der Waals surface area contributed by atoms with E-state index in [-0.39, 0.29) is 17.1 Å². The fraction of sp³-hybridized carbons (Fsp3) is 0.174. The number of carbonyl (C=O) groups is 1. The topological polar surface area (TPSA) is 119 Å². The van der Waals surface area contributed by atoms with E-state index in [2.05, 4.69) is 15.2 Å². The second-order valence-corrected chi connectivity index (χ2v) is 7.91. The summed E-state index contributed by atoms with van der Waals surface area (Å²) in [6, 6.07) is 14.0. The summed E-state index contributed by atoms with van der Waals surface area (Å²) in [5, 5.41) is 33.2. The van der Waals surface area contributed by atoms with Gasteiger partial charge in [-0.25, -0.2) is 4.98 Å². The number of carbonyl (C=O) groups excluding carboxylic acids is 1. The van der Waals surface area contributed by atoms with Crippen LogP contribution in [0.5, 0.6) is 11.5 Å². The summed E-state index contributed by atoms with van der Waals surface area (Å²) in [7, 11) is 0. The first-order chi connectivity index (χ1) is 15.5. The molecule has 1 aliphatic rings. The highest BCUT2D eigenvalue weighted by atomic mass is 32.1. The number of hydrogen-bond donors (Lipinski definition) is 3. The van der Waals surface area contributed by atoms with Crippen molar-refractivity contribution in [3.8, 4) is 28.8 Å². The van der Waals surface area contributed by atoms with Gasteiger partial charge in [0, 0.05) is 29.7 Å². The molecule has 0 saturated carbocycles. The van der Waals surface area contributed by atoms with Crippen molar-refractivity contribution in [3.63, 3.8) is 0 Å². The van der Waals surface area contributed by atoms with E-state index in [1.165, 1.54) is 35.6 Å². The molecule has 2 heterocycles. The van der Waals surface area contributed by atoms with E-state index in [1.807, 2.05) is 35.7 Å². The highest BCUT2D eigenvalue weighted by Crippen LogP contribution is 2.28.